The standard InChI is InChI=1S/C18H20ClFN4O3/c19-15-2-1-3-16(20)14(15)12-22-6-8-23(9-7-22)17(25)4-5-24-11-13(10-21-24)18(26)27/h1-3,10-11H,4-9,12H2,(H,26,27). The van der Waals surface area contributed by atoms with Gasteiger partial charge in [-0.1, -0.05) is 17.7 Å². The summed E-state index contributed by atoms with van der Waals surface area (Å²) in [6, 6.07) is 4.65. The minimum atomic E-state index is -1.04. The summed E-state index contributed by atoms with van der Waals surface area (Å²) < 4.78 is 15.4. The highest BCUT2D eigenvalue weighted by molar-refractivity contribution is 6.31. The normalized spacial score (nSPS) is 15.1. The number of nitrogens with zero attached hydrogens (tertiary/aromatic N) is 4. The molecule has 3 rings (SSSR count). The highest BCUT2D eigenvalue weighted by atomic mass is 35.5. The van der Waals surface area contributed by atoms with Crippen LogP contribution in [0.2, 0.25) is 5.02 Å². The summed E-state index contributed by atoms with van der Waals surface area (Å²) in [7, 11) is 0. The zero-order valence-electron chi connectivity index (χ0n) is 14.6. The Labute approximate surface area is 160 Å². The maximum atomic E-state index is 13.9. The predicted molar refractivity (Wildman–Crippen MR) is 97.1 cm³/mol. The molecule has 1 amide bonds. The number of aromatic nitrogens is 2. The lowest BCUT2D eigenvalue weighted by Crippen LogP contribution is -2.48. The smallest absolute Gasteiger partial charge is 0.338 e. The molecule has 0 unspecified atom stereocenters. The quantitative estimate of drug-likeness (QED) is 0.811. The summed E-state index contributed by atoms with van der Waals surface area (Å²) in [5, 5.41) is 13.2. The Kier molecular flexibility index (Phi) is 6.08. The summed E-state index contributed by atoms with van der Waals surface area (Å²) in [6.45, 7) is 3.15. The number of hydrogen-bond donors (Lipinski definition) is 1. The van der Waals surface area contributed by atoms with Crippen LogP contribution in [0.5, 0.6) is 0 Å². The largest absolute Gasteiger partial charge is 0.478 e. The predicted octanol–water partition coefficient (Wildman–Crippen LogP) is 2.11. The van der Waals surface area contributed by atoms with Crippen molar-refractivity contribution >= 4 is 23.5 Å². The Balaban J connectivity index is 1.47. The summed E-state index contributed by atoms with van der Waals surface area (Å²) >= 11 is 6.07. The van der Waals surface area contributed by atoms with Gasteiger partial charge in [0.15, 0.2) is 0 Å². The fourth-order valence-corrected chi connectivity index (χ4v) is 3.25. The van der Waals surface area contributed by atoms with Gasteiger partial charge in [-0.2, -0.15) is 5.10 Å². The molecule has 0 atom stereocenters. The minimum absolute atomic E-state index is 0.00838. The summed E-state index contributed by atoms with van der Waals surface area (Å²) in [5.74, 6) is -1.37. The first-order valence-corrected chi connectivity index (χ1v) is 9.00. The van der Waals surface area contributed by atoms with Gasteiger partial charge in [0.05, 0.1) is 11.8 Å². The van der Waals surface area contributed by atoms with Gasteiger partial charge in [-0.25, -0.2) is 9.18 Å². The topological polar surface area (TPSA) is 78.7 Å². The molecule has 1 N–H and O–H groups in total. The average Bonchev–Trinajstić information content (AvgIpc) is 3.13. The zero-order chi connectivity index (χ0) is 19.4. The van der Waals surface area contributed by atoms with Crippen LogP contribution in [-0.4, -0.2) is 62.7 Å². The third-order valence-corrected chi connectivity index (χ3v) is 4.96. The number of carbonyl (C=O) groups excluding carboxylic acids is 1. The van der Waals surface area contributed by atoms with Crippen molar-refractivity contribution in [3.63, 3.8) is 0 Å². The number of aromatic carboxylic acids is 1. The molecule has 1 saturated heterocycles. The fourth-order valence-electron chi connectivity index (χ4n) is 3.03. The number of amides is 1. The van der Waals surface area contributed by atoms with Crippen LogP contribution in [0.15, 0.2) is 30.6 Å². The van der Waals surface area contributed by atoms with Crippen LogP contribution in [0, 0.1) is 5.82 Å². The van der Waals surface area contributed by atoms with Crippen LogP contribution in [-0.2, 0) is 17.9 Å². The van der Waals surface area contributed by atoms with Gasteiger partial charge in [-0.15, -0.1) is 0 Å². The molecule has 0 spiro atoms. The van der Waals surface area contributed by atoms with Gasteiger partial charge in [0.25, 0.3) is 0 Å². The van der Waals surface area contributed by atoms with Crippen molar-refractivity contribution in [1.29, 1.82) is 0 Å². The molecule has 0 radical (unpaired) electrons. The zero-order valence-corrected chi connectivity index (χ0v) is 15.4. The molecule has 1 aromatic heterocycles. The van der Waals surface area contributed by atoms with Crippen LogP contribution in [0.4, 0.5) is 4.39 Å². The molecule has 7 nitrogen and oxygen atoms in total. The number of aryl methyl sites for hydroxylation is 1. The van der Waals surface area contributed by atoms with Gasteiger partial charge >= 0.3 is 5.97 Å². The van der Waals surface area contributed by atoms with Gasteiger partial charge in [-0.3, -0.25) is 14.4 Å². The lowest BCUT2D eigenvalue weighted by atomic mass is 10.1. The van der Waals surface area contributed by atoms with E-state index in [-0.39, 0.29) is 23.7 Å². The maximum absolute atomic E-state index is 13.9. The van der Waals surface area contributed by atoms with Crippen molar-refractivity contribution < 1.29 is 19.1 Å². The lowest BCUT2D eigenvalue weighted by molar-refractivity contribution is -0.133. The van der Waals surface area contributed by atoms with Gasteiger partial charge < -0.3 is 10.0 Å². The van der Waals surface area contributed by atoms with Crippen LogP contribution in [0.1, 0.15) is 22.3 Å². The Bertz CT molecular complexity index is 814. The van der Waals surface area contributed by atoms with Crippen LogP contribution in [0.3, 0.4) is 0 Å². The monoisotopic (exact) mass is 394 g/mol. The molecule has 2 aromatic rings. The Morgan fingerprint density at radius 1 is 1.22 bits per heavy atom. The van der Waals surface area contributed by atoms with Crippen LogP contribution in [0.25, 0.3) is 0 Å². The second kappa shape index (κ2) is 8.49. The van der Waals surface area contributed by atoms with E-state index in [4.69, 9.17) is 16.7 Å². The summed E-state index contributed by atoms with van der Waals surface area (Å²) in [6.07, 6.45) is 2.92. The fraction of sp³-hybridized carbons (Fsp3) is 0.389. The molecule has 2 heterocycles. The molecule has 1 aliphatic rings. The molecule has 0 aliphatic carbocycles. The van der Waals surface area contributed by atoms with E-state index >= 15 is 0 Å². The molecule has 1 fully saturated rings. The first kappa shape index (κ1) is 19.3. The van der Waals surface area contributed by atoms with E-state index in [1.807, 2.05) is 0 Å². The van der Waals surface area contributed by atoms with Gasteiger partial charge in [0.1, 0.15) is 5.82 Å². The molecule has 0 saturated carbocycles. The third kappa shape index (κ3) is 4.84. The number of carbonyl (C=O) groups is 2. The summed E-state index contributed by atoms with van der Waals surface area (Å²) in [5.41, 5.74) is 0.578. The molecular formula is C18H20ClFN4O3. The summed E-state index contributed by atoms with van der Waals surface area (Å²) in [4.78, 5) is 27.0. The van der Waals surface area contributed by atoms with Crippen LogP contribution < -0.4 is 0 Å². The van der Waals surface area contributed by atoms with Gasteiger partial charge in [-0.05, 0) is 12.1 Å². The van der Waals surface area contributed by atoms with Crippen molar-refractivity contribution in [2.75, 3.05) is 26.2 Å². The minimum Gasteiger partial charge on any atom is -0.478 e. The van der Waals surface area contributed by atoms with E-state index in [1.165, 1.54) is 23.1 Å². The molecule has 0 bridgehead atoms. The number of hydrogen-bond acceptors (Lipinski definition) is 4. The highest BCUT2D eigenvalue weighted by Gasteiger charge is 2.22. The van der Waals surface area contributed by atoms with Crippen molar-refractivity contribution in [3.8, 4) is 0 Å². The van der Waals surface area contributed by atoms with Crippen LogP contribution >= 0.6 is 11.6 Å². The second-order valence-electron chi connectivity index (χ2n) is 6.40. The Morgan fingerprint density at radius 2 is 1.96 bits per heavy atom. The van der Waals surface area contributed by atoms with Gasteiger partial charge in [0.2, 0.25) is 5.91 Å². The number of carboxylic acid groups (broad SMARTS) is 1. The molecule has 27 heavy (non-hydrogen) atoms. The SMILES string of the molecule is O=C(O)c1cnn(CCC(=O)N2CCN(Cc3c(F)cccc3Cl)CC2)c1. The maximum Gasteiger partial charge on any atom is 0.338 e. The van der Waals surface area contributed by atoms with E-state index in [0.29, 0.717) is 49.9 Å². The van der Waals surface area contributed by atoms with Crippen molar-refractivity contribution in [3.05, 3.63) is 52.6 Å². The van der Waals surface area contributed by atoms with Gasteiger partial charge in [0, 0.05) is 62.5 Å². The van der Waals surface area contributed by atoms with Crippen molar-refractivity contribution in [2.24, 2.45) is 0 Å². The van der Waals surface area contributed by atoms with E-state index in [9.17, 15) is 14.0 Å². The number of carboxylic acids is 1. The van der Waals surface area contributed by atoms with Crippen molar-refractivity contribution in [2.45, 2.75) is 19.5 Å². The van der Waals surface area contributed by atoms with E-state index in [0.717, 1.165) is 0 Å². The first-order chi connectivity index (χ1) is 12.9. The molecule has 1 aromatic carbocycles. The average molecular weight is 395 g/mol. The lowest BCUT2D eigenvalue weighted by Gasteiger charge is -2.35. The van der Waals surface area contributed by atoms with E-state index in [1.54, 1.807) is 17.0 Å². The first-order valence-electron chi connectivity index (χ1n) is 8.63. The molecule has 1 aliphatic heterocycles. The molecule has 144 valence electrons. The number of piperazine rings is 1. The Hall–Kier alpha value is -2.45. The highest BCUT2D eigenvalue weighted by Crippen LogP contribution is 2.21. The Morgan fingerprint density at radius 3 is 2.59 bits per heavy atom. The second-order valence-corrected chi connectivity index (χ2v) is 6.81. The number of rotatable bonds is 6. The third-order valence-electron chi connectivity index (χ3n) is 4.60. The molecular weight excluding hydrogens is 375 g/mol. The van der Waals surface area contributed by atoms with E-state index in [2.05, 4.69) is 10.00 Å². The van der Waals surface area contributed by atoms with Crippen molar-refractivity contribution in [1.82, 2.24) is 19.6 Å². The number of halogens is 2. The van der Waals surface area contributed by atoms with E-state index < -0.39 is 5.97 Å². The number of benzene rings is 1. The molecule has 9 heteroatoms.